The molecule has 0 saturated carbocycles. The monoisotopic (exact) mass is 980 g/mol. The molecule has 0 aliphatic heterocycles. The van der Waals surface area contributed by atoms with Gasteiger partial charge in [0.15, 0.2) is 4.30 Å². The minimum atomic E-state index is -1.72. The average molecular weight is 989 g/mol. The smallest absolute Gasteiger partial charge is 0.214 e. The van der Waals surface area contributed by atoms with Crippen molar-refractivity contribution >= 4 is 216 Å². The fourth-order valence-electron chi connectivity index (χ4n) is 3.44. The summed E-state index contributed by atoms with van der Waals surface area (Å²) in [6.07, 6.45) is 0. The summed E-state index contributed by atoms with van der Waals surface area (Å²) in [6.45, 7) is 0. The van der Waals surface area contributed by atoms with E-state index in [0.29, 0.717) is 77.0 Å². The lowest BCUT2D eigenvalue weighted by molar-refractivity contribution is 0.979. The van der Waals surface area contributed by atoms with Crippen molar-refractivity contribution in [3.63, 3.8) is 0 Å². The molecule has 0 aromatic heterocycles. The van der Waals surface area contributed by atoms with E-state index in [2.05, 4.69) is 0 Å². The first-order chi connectivity index (χ1) is 20.7. The van der Waals surface area contributed by atoms with Crippen molar-refractivity contribution < 1.29 is 0 Å². The molecule has 0 saturated heterocycles. The quantitative estimate of drug-likeness (QED) is 0.109. The highest BCUT2D eigenvalue weighted by Crippen LogP contribution is 2.50. The molecule has 244 valence electrons. The minimum Gasteiger partial charge on any atom is -0.214 e. The summed E-state index contributed by atoms with van der Waals surface area (Å²) in [5.74, 6) is -0.702. The molecule has 19 heteroatoms. The van der Waals surface area contributed by atoms with Gasteiger partial charge in [-0.1, -0.05) is 174 Å². The third kappa shape index (κ3) is 16.7. The molecule has 0 heterocycles. The van der Waals surface area contributed by atoms with Crippen molar-refractivity contribution in [1.29, 1.82) is 0 Å². The maximum atomic E-state index is 6.51. The van der Waals surface area contributed by atoms with E-state index in [0.717, 1.165) is 0 Å². The largest absolute Gasteiger partial charge is 0.643 e. The first kappa shape index (κ1) is 45.7. The lowest BCUT2D eigenvalue weighted by atomic mass is 9.84. The summed E-state index contributed by atoms with van der Waals surface area (Å²) in [4.78, 5) is 0. The molecule has 0 bridgehead atoms. The van der Waals surface area contributed by atoms with Gasteiger partial charge in [-0.25, -0.2) is 30.1 Å². The van der Waals surface area contributed by atoms with Gasteiger partial charge in [-0.2, -0.15) is 0 Å². The topological polar surface area (TPSA) is 0 Å². The highest BCUT2D eigenvalue weighted by atomic mass is 35.8. The fourth-order valence-corrected chi connectivity index (χ4v) is 7.42. The van der Waals surface area contributed by atoms with E-state index in [1.807, 2.05) is 0 Å². The average Bonchev–Trinajstić information content (AvgIpc) is 2.80. The predicted molar refractivity (Wildman–Crippen MR) is 211 cm³/mol. The maximum Gasteiger partial charge on any atom is 0.643 e. The molecule has 4 rings (SSSR count). The molecule has 0 spiro atoms. The van der Waals surface area contributed by atoms with E-state index in [1.165, 1.54) is 0 Å². The van der Waals surface area contributed by atoms with Crippen LogP contribution in [0.3, 0.4) is 0 Å². The van der Waals surface area contributed by atoms with Crippen LogP contribution < -0.4 is 0 Å². The number of hydrogen-bond acceptors (Lipinski definition) is 0. The summed E-state index contributed by atoms with van der Waals surface area (Å²) in [5.41, 5.74) is 1.47. The number of benzene rings is 4. The molecule has 0 aliphatic rings. The molecule has 45 heavy (non-hydrogen) atoms. The zero-order valence-corrected chi connectivity index (χ0v) is 36.0. The van der Waals surface area contributed by atoms with E-state index in [-0.39, 0.29) is 0 Å². The molecule has 0 atom stereocenters. The van der Waals surface area contributed by atoms with Crippen molar-refractivity contribution in [1.82, 2.24) is 0 Å². The van der Waals surface area contributed by atoms with Gasteiger partial charge in [0.25, 0.3) is 0 Å². The summed E-state index contributed by atoms with van der Waals surface area (Å²) < 4.78 is -0.750. The number of hydrogen-bond donors (Lipinski definition) is 0. The van der Waals surface area contributed by atoms with E-state index in [9.17, 15) is 0 Å². The van der Waals surface area contributed by atoms with Crippen LogP contribution in [0.5, 0.6) is 0 Å². The van der Waals surface area contributed by atoms with Crippen molar-refractivity contribution in [2.24, 2.45) is 0 Å². The van der Waals surface area contributed by atoms with Crippen LogP contribution in [-0.2, 0) is 0 Å². The van der Waals surface area contributed by atoms with Crippen molar-refractivity contribution in [3.8, 4) is 0 Å². The van der Waals surface area contributed by atoms with Crippen LogP contribution in [0.2, 0.25) is 60.3 Å². The highest BCUT2D eigenvalue weighted by Gasteiger charge is 2.31. The Morgan fingerprint density at radius 1 is 0.333 bits per heavy atom. The Bertz CT molecular complexity index is 1310. The van der Waals surface area contributed by atoms with E-state index >= 15 is 0 Å². The highest BCUT2D eigenvalue weighted by molar-refractivity contribution is 7.54. The third-order valence-electron chi connectivity index (χ3n) is 4.82. The van der Waals surface area contributed by atoms with Gasteiger partial charge in [0, 0.05) is 82.9 Å². The summed E-state index contributed by atoms with van der Waals surface area (Å²) >= 11 is 86.7. The number of halogens is 18. The maximum absolute atomic E-state index is 6.51. The molecular formula is C26H11AlCl18. The van der Waals surface area contributed by atoms with Crippen LogP contribution in [-0.4, -0.2) is 15.7 Å². The van der Waals surface area contributed by atoms with Gasteiger partial charge in [-0.15, -0.1) is 0 Å². The van der Waals surface area contributed by atoms with Crippen LogP contribution in [0, 0.1) is 0 Å². The van der Waals surface area contributed by atoms with Crippen LogP contribution in [0.25, 0.3) is 0 Å². The van der Waals surface area contributed by atoms with E-state index in [4.69, 9.17) is 204 Å². The molecule has 0 fully saturated rings. The Morgan fingerprint density at radius 3 is 0.622 bits per heavy atom. The molecular weight excluding hydrogens is 977 g/mol. The SMILES string of the molecule is ClC(Cl)Cl.Clc1cc(Cl)c(C(c2c(Cl)cc(Cl)cc2Cl)c2c(Cl)cc(Cl)cc2Cl)c(Cl)c1.Clc1cc(Cl)cc(Cl)c1.[Cl][Al]([Cl])[Cl]. The Hall–Kier alpha value is 2.63. The zero-order valence-electron chi connectivity index (χ0n) is 21.2. The standard InChI is InChI=1S/C19H7Cl9.C6H3Cl3.CHCl3.Al.3ClH/c20-7-1-10(23)16(11(24)2-7)19(17-12(25)3-8(21)4-13(17)26)18-14(27)5-9(22)6-15(18)28;7-4-1-5(8)3-6(9)2-4;2-1(3)4;;;;/h1-6,19H;1-3H;1H;;3*1H/q;;;+3;;;/p-3. The van der Waals surface area contributed by atoms with Gasteiger partial charge in [0.05, 0.1) is 0 Å². The number of rotatable bonds is 3. The lowest BCUT2D eigenvalue weighted by Crippen LogP contribution is -2.08. The third-order valence-corrected chi connectivity index (χ3v) is 8.01. The van der Waals surface area contributed by atoms with Gasteiger partial charge >= 0.3 is 11.4 Å². The predicted octanol–water partition coefficient (Wildman–Crippen LogP) is 18.1. The van der Waals surface area contributed by atoms with E-state index in [1.54, 1.807) is 54.6 Å². The van der Waals surface area contributed by atoms with Crippen molar-refractivity contribution in [2.45, 2.75) is 10.2 Å². The molecule has 0 radical (unpaired) electrons. The second-order valence-corrected chi connectivity index (χ2v) is 21.3. The molecule has 0 nitrogen and oxygen atoms in total. The van der Waals surface area contributed by atoms with E-state index < -0.39 is 21.6 Å². The fraction of sp³-hybridized carbons (Fsp3) is 0.0769. The van der Waals surface area contributed by atoms with Crippen LogP contribution in [0.4, 0.5) is 0 Å². The second kappa shape index (κ2) is 22.5. The normalized spacial score (nSPS) is 10.4. The zero-order chi connectivity index (χ0) is 34.8. The van der Waals surface area contributed by atoms with Gasteiger partial charge < -0.3 is 0 Å². The molecule has 0 amide bonds. The van der Waals surface area contributed by atoms with Crippen molar-refractivity contribution in [2.75, 3.05) is 0 Å². The van der Waals surface area contributed by atoms with Crippen LogP contribution >= 0.6 is 204 Å². The Kier molecular flexibility index (Phi) is 22.9. The van der Waals surface area contributed by atoms with Gasteiger partial charge in [0.1, 0.15) is 0 Å². The molecule has 0 aliphatic carbocycles. The minimum absolute atomic E-state index is 0.298. The molecule has 4 aromatic rings. The van der Waals surface area contributed by atoms with Crippen LogP contribution in [0.1, 0.15) is 22.6 Å². The Morgan fingerprint density at radius 2 is 0.467 bits per heavy atom. The summed E-state index contributed by atoms with van der Waals surface area (Å²) in [6, 6.07) is 14.3. The summed E-state index contributed by atoms with van der Waals surface area (Å²) in [5, 5.41) is 4.60. The Labute approximate surface area is 352 Å². The first-order valence-electron chi connectivity index (χ1n) is 11.1. The van der Waals surface area contributed by atoms with Gasteiger partial charge in [-0.05, 0) is 54.6 Å². The lowest BCUT2D eigenvalue weighted by Gasteiger charge is -2.25. The first-order valence-corrected chi connectivity index (χ1v) is 22.2. The van der Waals surface area contributed by atoms with Crippen LogP contribution in [0.15, 0.2) is 54.6 Å². The molecule has 0 N–H and O–H groups in total. The number of alkyl halides is 3. The Balaban J connectivity index is 0.000000486. The van der Waals surface area contributed by atoms with Gasteiger partial charge in [-0.3, -0.25) is 0 Å². The summed E-state index contributed by atoms with van der Waals surface area (Å²) in [7, 11) is 14.8. The van der Waals surface area contributed by atoms with Crippen molar-refractivity contribution in [3.05, 3.63) is 132 Å². The second-order valence-electron chi connectivity index (χ2n) is 7.86. The van der Waals surface area contributed by atoms with Gasteiger partial charge in [0.2, 0.25) is 0 Å². The molecule has 4 aromatic carbocycles. The molecule has 0 unspecified atom stereocenters.